The molecule has 2 aromatic heterocycles. The van der Waals surface area contributed by atoms with Crippen LogP contribution in [0.25, 0.3) is 10.9 Å². The average Bonchev–Trinajstić information content (AvgIpc) is 2.84. The van der Waals surface area contributed by atoms with Crippen molar-refractivity contribution in [3.8, 4) is 0 Å². The fraction of sp³-hybridized carbons (Fsp3) is 0.250. The number of nitrogens with zero attached hydrogens (tertiary/aromatic N) is 3. The molecule has 2 heterocycles. The smallest absolute Gasteiger partial charge is 0.0798 e. The van der Waals surface area contributed by atoms with Crippen LogP contribution in [0.3, 0.4) is 0 Å². The lowest BCUT2D eigenvalue weighted by molar-refractivity contribution is 0.317. The first-order valence-electron chi connectivity index (χ1n) is 6.85. The molecule has 2 N–H and O–H groups in total. The van der Waals surface area contributed by atoms with E-state index in [4.69, 9.17) is 10.7 Å². The highest BCUT2D eigenvalue weighted by Gasteiger charge is 2.09. The normalized spacial score (nSPS) is 11.4. The standard InChI is InChI=1S/C16H18N4S/c1-11-16(21-10-18-11)9-20(2)8-12-7-14(17)13-5-3-4-6-15(13)19-12/h3-7,10H,8-9H2,1-2H3,(H2,17,19). The molecule has 0 saturated carbocycles. The molecule has 0 spiro atoms. The summed E-state index contributed by atoms with van der Waals surface area (Å²) in [6.07, 6.45) is 0. The minimum atomic E-state index is 0.770. The Kier molecular flexibility index (Phi) is 3.86. The molecule has 0 aliphatic heterocycles. The van der Waals surface area contributed by atoms with Crippen LogP contribution in [0.1, 0.15) is 16.3 Å². The molecular formula is C16H18N4S. The predicted octanol–water partition coefficient (Wildman–Crippen LogP) is 3.21. The van der Waals surface area contributed by atoms with Crippen molar-refractivity contribution in [1.29, 1.82) is 0 Å². The summed E-state index contributed by atoms with van der Waals surface area (Å²) in [7, 11) is 2.09. The zero-order chi connectivity index (χ0) is 14.8. The number of fused-ring (bicyclic) bond motifs is 1. The Morgan fingerprint density at radius 3 is 2.81 bits per heavy atom. The van der Waals surface area contributed by atoms with E-state index in [0.29, 0.717) is 0 Å². The fourth-order valence-electron chi connectivity index (χ4n) is 2.40. The van der Waals surface area contributed by atoms with Gasteiger partial charge >= 0.3 is 0 Å². The maximum atomic E-state index is 6.13. The number of nitrogen functional groups attached to an aromatic ring is 1. The molecule has 108 valence electrons. The van der Waals surface area contributed by atoms with E-state index in [2.05, 4.69) is 16.9 Å². The van der Waals surface area contributed by atoms with Crippen molar-refractivity contribution >= 4 is 27.9 Å². The van der Waals surface area contributed by atoms with E-state index in [0.717, 1.165) is 41.1 Å². The van der Waals surface area contributed by atoms with Crippen LogP contribution >= 0.6 is 11.3 Å². The number of hydrogen-bond donors (Lipinski definition) is 1. The van der Waals surface area contributed by atoms with Gasteiger partial charge in [-0.3, -0.25) is 9.88 Å². The number of aromatic nitrogens is 2. The molecule has 0 fully saturated rings. The second-order valence-corrected chi connectivity index (χ2v) is 6.19. The highest BCUT2D eigenvalue weighted by Crippen LogP contribution is 2.21. The van der Waals surface area contributed by atoms with Gasteiger partial charge in [-0.15, -0.1) is 11.3 Å². The molecule has 0 radical (unpaired) electrons. The van der Waals surface area contributed by atoms with Crippen molar-refractivity contribution in [2.45, 2.75) is 20.0 Å². The van der Waals surface area contributed by atoms with Crippen LogP contribution in [0, 0.1) is 6.92 Å². The molecule has 3 aromatic rings. The van der Waals surface area contributed by atoms with Gasteiger partial charge < -0.3 is 5.73 Å². The summed E-state index contributed by atoms with van der Waals surface area (Å²) in [6.45, 7) is 3.70. The van der Waals surface area contributed by atoms with Gasteiger partial charge in [0.25, 0.3) is 0 Å². The molecule has 0 aliphatic rings. The zero-order valence-corrected chi connectivity index (χ0v) is 13.0. The van der Waals surface area contributed by atoms with Gasteiger partial charge in [-0.1, -0.05) is 18.2 Å². The molecule has 0 unspecified atom stereocenters. The molecule has 5 heteroatoms. The quantitative estimate of drug-likeness (QED) is 0.803. The molecule has 0 bridgehead atoms. The maximum absolute atomic E-state index is 6.13. The summed E-state index contributed by atoms with van der Waals surface area (Å²) in [5.74, 6) is 0. The van der Waals surface area contributed by atoms with Gasteiger partial charge in [0.2, 0.25) is 0 Å². The van der Waals surface area contributed by atoms with Gasteiger partial charge in [0.05, 0.1) is 22.4 Å². The minimum absolute atomic E-state index is 0.770. The monoisotopic (exact) mass is 298 g/mol. The maximum Gasteiger partial charge on any atom is 0.0798 e. The predicted molar refractivity (Wildman–Crippen MR) is 88.2 cm³/mol. The lowest BCUT2D eigenvalue weighted by Crippen LogP contribution is -2.18. The highest BCUT2D eigenvalue weighted by molar-refractivity contribution is 7.09. The first-order chi connectivity index (χ1) is 10.1. The molecular weight excluding hydrogens is 280 g/mol. The number of aryl methyl sites for hydroxylation is 1. The number of pyridine rings is 1. The summed E-state index contributed by atoms with van der Waals surface area (Å²) < 4.78 is 0. The molecule has 0 aliphatic carbocycles. The van der Waals surface area contributed by atoms with Crippen LogP contribution in [0.5, 0.6) is 0 Å². The van der Waals surface area contributed by atoms with E-state index in [-0.39, 0.29) is 0 Å². The topological polar surface area (TPSA) is 55.0 Å². The summed E-state index contributed by atoms with van der Waals surface area (Å²) in [5.41, 5.74) is 11.9. The lowest BCUT2D eigenvalue weighted by atomic mass is 10.1. The van der Waals surface area contributed by atoms with E-state index in [1.54, 1.807) is 11.3 Å². The molecule has 0 saturated heterocycles. The van der Waals surface area contributed by atoms with Crippen LogP contribution < -0.4 is 5.73 Å². The SMILES string of the molecule is Cc1ncsc1CN(C)Cc1cc(N)c2ccccc2n1. The Labute approximate surface area is 128 Å². The third-order valence-electron chi connectivity index (χ3n) is 3.49. The van der Waals surface area contributed by atoms with Gasteiger partial charge in [-0.05, 0) is 26.1 Å². The largest absolute Gasteiger partial charge is 0.398 e. The van der Waals surface area contributed by atoms with Crippen molar-refractivity contribution < 1.29 is 0 Å². The summed E-state index contributed by atoms with van der Waals surface area (Å²) in [6, 6.07) is 9.95. The minimum Gasteiger partial charge on any atom is -0.398 e. The van der Waals surface area contributed by atoms with Crippen LogP contribution in [0.4, 0.5) is 5.69 Å². The lowest BCUT2D eigenvalue weighted by Gasteiger charge is -2.16. The van der Waals surface area contributed by atoms with Gasteiger partial charge in [-0.2, -0.15) is 0 Å². The fourth-order valence-corrected chi connectivity index (χ4v) is 3.25. The first kappa shape index (κ1) is 14.0. The van der Waals surface area contributed by atoms with Crippen molar-refractivity contribution in [3.05, 3.63) is 52.1 Å². The van der Waals surface area contributed by atoms with Crippen LogP contribution in [0.2, 0.25) is 0 Å². The van der Waals surface area contributed by atoms with Gasteiger partial charge in [0.1, 0.15) is 0 Å². The van der Waals surface area contributed by atoms with Crippen molar-refractivity contribution in [3.63, 3.8) is 0 Å². The third-order valence-corrected chi connectivity index (χ3v) is 4.41. The third kappa shape index (κ3) is 3.04. The van der Waals surface area contributed by atoms with E-state index in [1.165, 1.54) is 4.88 Å². The second kappa shape index (κ2) is 5.79. The second-order valence-electron chi connectivity index (χ2n) is 5.25. The van der Waals surface area contributed by atoms with Crippen LogP contribution in [-0.2, 0) is 13.1 Å². The van der Waals surface area contributed by atoms with Crippen molar-refractivity contribution in [2.75, 3.05) is 12.8 Å². The van der Waals surface area contributed by atoms with E-state index < -0.39 is 0 Å². The number of hydrogen-bond acceptors (Lipinski definition) is 5. The van der Waals surface area contributed by atoms with E-state index >= 15 is 0 Å². The highest BCUT2D eigenvalue weighted by atomic mass is 32.1. The average molecular weight is 298 g/mol. The number of anilines is 1. The van der Waals surface area contributed by atoms with E-state index in [9.17, 15) is 0 Å². The molecule has 3 rings (SSSR count). The van der Waals surface area contributed by atoms with Crippen molar-refractivity contribution in [2.24, 2.45) is 0 Å². The number of benzene rings is 1. The van der Waals surface area contributed by atoms with Crippen LogP contribution in [0.15, 0.2) is 35.8 Å². The summed E-state index contributed by atoms with van der Waals surface area (Å²) in [5, 5.41) is 1.02. The molecule has 0 amide bonds. The number of nitrogens with two attached hydrogens (primary N) is 1. The Hall–Kier alpha value is -1.98. The Bertz CT molecular complexity index is 766. The zero-order valence-electron chi connectivity index (χ0n) is 12.2. The van der Waals surface area contributed by atoms with Gasteiger partial charge in [0, 0.05) is 29.0 Å². The molecule has 1 aromatic carbocycles. The number of thiazole rings is 1. The molecule has 21 heavy (non-hydrogen) atoms. The van der Waals surface area contributed by atoms with E-state index in [1.807, 2.05) is 42.8 Å². The Balaban J connectivity index is 1.80. The Morgan fingerprint density at radius 1 is 1.24 bits per heavy atom. The number of rotatable bonds is 4. The Morgan fingerprint density at radius 2 is 2.05 bits per heavy atom. The number of para-hydroxylation sites is 1. The molecule has 0 atom stereocenters. The van der Waals surface area contributed by atoms with Crippen LogP contribution in [-0.4, -0.2) is 21.9 Å². The van der Waals surface area contributed by atoms with Crippen molar-refractivity contribution in [1.82, 2.24) is 14.9 Å². The summed E-state index contributed by atoms with van der Waals surface area (Å²) in [4.78, 5) is 12.5. The molecule has 4 nitrogen and oxygen atoms in total. The summed E-state index contributed by atoms with van der Waals surface area (Å²) >= 11 is 1.70. The van der Waals surface area contributed by atoms with Gasteiger partial charge in [-0.25, -0.2) is 4.98 Å². The first-order valence-corrected chi connectivity index (χ1v) is 7.73. The van der Waals surface area contributed by atoms with Gasteiger partial charge in [0.15, 0.2) is 0 Å².